The highest BCUT2D eigenvalue weighted by Crippen LogP contribution is 2.45. The van der Waals surface area contributed by atoms with Gasteiger partial charge in [0.05, 0.1) is 31.1 Å². The number of ether oxygens (including phenoxy) is 2. The lowest BCUT2D eigenvalue weighted by atomic mass is 9.93. The lowest BCUT2D eigenvalue weighted by molar-refractivity contribution is -0.137. The van der Waals surface area contributed by atoms with Gasteiger partial charge in [0.15, 0.2) is 0 Å². The van der Waals surface area contributed by atoms with E-state index in [4.69, 9.17) is 9.47 Å². The van der Waals surface area contributed by atoms with Crippen molar-refractivity contribution in [2.75, 3.05) is 38.3 Å². The SMILES string of the molecule is COc1cc(F)cc(-c2cncc(-c3ccc(C(F)(F)F)cc3O)c2N2CCC3NCCOC3C2)c1. The number of alkyl halides is 3. The van der Waals surface area contributed by atoms with Crippen LogP contribution in [-0.4, -0.2) is 55.6 Å². The zero-order chi connectivity index (χ0) is 25.4. The Morgan fingerprint density at radius 1 is 1.11 bits per heavy atom. The smallest absolute Gasteiger partial charge is 0.416 e. The number of piperidine rings is 1. The Morgan fingerprint density at radius 2 is 1.92 bits per heavy atom. The average molecular weight is 503 g/mol. The van der Waals surface area contributed by atoms with Crippen LogP contribution < -0.4 is 15.0 Å². The zero-order valence-electron chi connectivity index (χ0n) is 19.5. The lowest BCUT2D eigenvalue weighted by Crippen LogP contribution is -2.57. The van der Waals surface area contributed by atoms with Crippen LogP contribution in [0.5, 0.6) is 11.5 Å². The molecule has 2 fully saturated rings. The monoisotopic (exact) mass is 503 g/mol. The molecular formula is C26H25F4N3O3. The number of hydrogen-bond donors (Lipinski definition) is 2. The lowest BCUT2D eigenvalue weighted by Gasteiger charge is -2.43. The summed E-state index contributed by atoms with van der Waals surface area (Å²) in [5.41, 5.74) is 1.36. The molecule has 2 atom stereocenters. The van der Waals surface area contributed by atoms with Gasteiger partial charge in [-0.3, -0.25) is 4.98 Å². The third-order valence-corrected chi connectivity index (χ3v) is 6.67. The molecule has 3 aromatic rings. The van der Waals surface area contributed by atoms with Gasteiger partial charge in [-0.1, -0.05) is 0 Å². The molecule has 2 N–H and O–H groups in total. The van der Waals surface area contributed by atoms with Gasteiger partial charge in [-0.2, -0.15) is 13.2 Å². The van der Waals surface area contributed by atoms with Crippen LogP contribution in [-0.2, 0) is 10.9 Å². The van der Waals surface area contributed by atoms with E-state index in [2.05, 4.69) is 15.2 Å². The van der Waals surface area contributed by atoms with Gasteiger partial charge in [0.25, 0.3) is 0 Å². The predicted molar refractivity (Wildman–Crippen MR) is 127 cm³/mol. The number of aromatic nitrogens is 1. The Labute approximate surface area is 205 Å². The van der Waals surface area contributed by atoms with Crippen LogP contribution in [0.15, 0.2) is 48.8 Å². The fourth-order valence-electron chi connectivity index (χ4n) is 4.95. The maximum absolute atomic E-state index is 14.5. The number of fused-ring (bicyclic) bond motifs is 1. The van der Waals surface area contributed by atoms with E-state index in [1.165, 1.54) is 31.5 Å². The number of morpholine rings is 1. The van der Waals surface area contributed by atoms with Crippen LogP contribution in [0.2, 0.25) is 0 Å². The molecule has 5 rings (SSSR count). The van der Waals surface area contributed by atoms with E-state index >= 15 is 0 Å². The number of halogens is 4. The molecule has 190 valence electrons. The van der Waals surface area contributed by atoms with Crippen LogP contribution in [0.25, 0.3) is 22.3 Å². The van der Waals surface area contributed by atoms with Crippen LogP contribution in [0.3, 0.4) is 0 Å². The molecule has 0 amide bonds. The molecular weight excluding hydrogens is 478 g/mol. The first-order chi connectivity index (χ1) is 17.2. The molecule has 3 heterocycles. The second kappa shape index (κ2) is 9.59. The third-order valence-electron chi connectivity index (χ3n) is 6.67. The number of nitrogens with zero attached hydrogens (tertiary/aromatic N) is 2. The Balaban J connectivity index is 1.67. The number of rotatable bonds is 4. The Kier molecular flexibility index (Phi) is 6.48. The predicted octanol–water partition coefficient (Wildman–Crippen LogP) is 4.85. The zero-order valence-corrected chi connectivity index (χ0v) is 19.5. The second-order valence-corrected chi connectivity index (χ2v) is 8.90. The number of aromatic hydroxyl groups is 1. The van der Waals surface area contributed by atoms with Crippen molar-refractivity contribution in [3.05, 3.63) is 60.2 Å². The number of phenolic OH excluding ortho intramolecular Hbond substituents is 1. The molecule has 0 bridgehead atoms. The maximum atomic E-state index is 14.5. The summed E-state index contributed by atoms with van der Waals surface area (Å²) in [4.78, 5) is 6.37. The fourth-order valence-corrected chi connectivity index (χ4v) is 4.95. The standard InChI is InChI=1S/C26H25F4N3O3/c1-35-18-9-15(8-17(27)11-18)20-12-31-13-21(19-3-2-16(10-23(19)34)26(28,29)30)25(20)33-6-4-22-24(14-33)36-7-5-32-22/h2-3,8-13,22,24,32,34H,4-7,14H2,1H3. The quantitative estimate of drug-likeness (QED) is 0.496. The minimum atomic E-state index is -4.59. The molecule has 0 aliphatic carbocycles. The molecule has 10 heteroatoms. The Bertz CT molecular complexity index is 1270. The molecule has 6 nitrogen and oxygen atoms in total. The number of methoxy groups -OCH3 is 1. The summed E-state index contributed by atoms with van der Waals surface area (Å²) in [5.74, 6) is -0.707. The van der Waals surface area contributed by atoms with Crippen molar-refractivity contribution in [3.8, 4) is 33.8 Å². The highest BCUT2D eigenvalue weighted by atomic mass is 19.4. The first-order valence-corrected chi connectivity index (χ1v) is 11.6. The number of hydrogen-bond acceptors (Lipinski definition) is 6. The summed E-state index contributed by atoms with van der Waals surface area (Å²) in [6.45, 7) is 2.48. The molecule has 0 radical (unpaired) electrons. The molecule has 2 unspecified atom stereocenters. The Morgan fingerprint density at radius 3 is 2.67 bits per heavy atom. The number of pyridine rings is 1. The summed E-state index contributed by atoms with van der Waals surface area (Å²) in [6.07, 6.45) is -0.824. The van der Waals surface area contributed by atoms with Crippen molar-refractivity contribution in [1.29, 1.82) is 0 Å². The molecule has 1 aromatic heterocycles. The summed E-state index contributed by atoms with van der Waals surface area (Å²) < 4.78 is 65.4. The van der Waals surface area contributed by atoms with Gasteiger partial charge < -0.3 is 24.8 Å². The summed E-state index contributed by atoms with van der Waals surface area (Å²) in [5, 5.41) is 14.1. The van der Waals surface area contributed by atoms with Gasteiger partial charge in [0.1, 0.15) is 17.3 Å². The minimum absolute atomic E-state index is 0.0930. The highest BCUT2D eigenvalue weighted by molar-refractivity contribution is 5.92. The molecule has 0 spiro atoms. The normalized spacial score (nSPS) is 20.2. The molecule has 2 aromatic carbocycles. The Hall–Kier alpha value is -3.37. The van der Waals surface area contributed by atoms with Gasteiger partial charge in [0.2, 0.25) is 0 Å². The summed E-state index contributed by atoms with van der Waals surface area (Å²) in [7, 11) is 1.44. The summed E-state index contributed by atoms with van der Waals surface area (Å²) in [6, 6.07) is 7.34. The number of anilines is 1. The van der Waals surface area contributed by atoms with Gasteiger partial charge in [-0.25, -0.2) is 4.39 Å². The van der Waals surface area contributed by atoms with E-state index in [-0.39, 0.29) is 17.7 Å². The van der Waals surface area contributed by atoms with E-state index in [1.54, 1.807) is 12.3 Å². The van der Waals surface area contributed by atoms with Crippen molar-refractivity contribution in [2.24, 2.45) is 0 Å². The van der Waals surface area contributed by atoms with Gasteiger partial charge in [0, 0.05) is 60.8 Å². The van der Waals surface area contributed by atoms with Crippen molar-refractivity contribution < 1.29 is 32.1 Å². The van der Waals surface area contributed by atoms with Crippen LogP contribution in [0, 0.1) is 5.82 Å². The maximum Gasteiger partial charge on any atom is 0.416 e. The van der Waals surface area contributed by atoms with Gasteiger partial charge >= 0.3 is 6.18 Å². The van der Waals surface area contributed by atoms with E-state index in [1.807, 2.05) is 0 Å². The second-order valence-electron chi connectivity index (χ2n) is 8.90. The molecule has 2 aliphatic heterocycles. The van der Waals surface area contributed by atoms with Crippen LogP contribution in [0.4, 0.5) is 23.2 Å². The molecule has 2 saturated heterocycles. The molecule has 0 saturated carbocycles. The number of benzene rings is 2. The van der Waals surface area contributed by atoms with E-state index in [0.29, 0.717) is 53.9 Å². The summed E-state index contributed by atoms with van der Waals surface area (Å²) >= 11 is 0. The van der Waals surface area contributed by atoms with E-state index in [0.717, 1.165) is 19.0 Å². The van der Waals surface area contributed by atoms with Crippen LogP contribution >= 0.6 is 0 Å². The van der Waals surface area contributed by atoms with Gasteiger partial charge in [-0.15, -0.1) is 0 Å². The number of phenols is 1. The highest BCUT2D eigenvalue weighted by Gasteiger charge is 2.35. The van der Waals surface area contributed by atoms with Gasteiger partial charge in [-0.05, 0) is 42.3 Å². The first-order valence-electron chi connectivity index (χ1n) is 11.6. The van der Waals surface area contributed by atoms with E-state index < -0.39 is 23.3 Å². The first kappa shape index (κ1) is 24.3. The number of nitrogens with one attached hydrogen (secondary N) is 1. The topological polar surface area (TPSA) is 66.9 Å². The van der Waals surface area contributed by atoms with Crippen molar-refractivity contribution in [3.63, 3.8) is 0 Å². The van der Waals surface area contributed by atoms with Crippen molar-refractivity contribution in [2.45, 2.75) is 24.7 Å². The fraction of sp³-hybridized carbons (Fsp3) is 0.346. The molecule has 2 aliphatic rings. The van der Waals surface area contributed by atoms with E-state index in [9.17, 15) is 22.7 Å². The van der Waals surface area contributed by atoms with Crippen LogP contribution in [0.1, 0.15) is 12.0 Å². The van der Waals surface area contributed by atoms with Crippen molar-refractivity contribution >= 4 is 5.69 Å². The average Bonchev–Trinajstić information content (AvgIpc) is 2.87. The largest absolute Gasteiger partial charge is 0.507 e. The minimum Gasteiger partial charge on any atom is -0.507 e. The third kappa shape index (κ3) is 4.70. The van der Waals surface area contributed by atoms with Crippen molar-refractivity contribution in [1.82, 2.24) is 10.3 Å². The molecule has 36 heavy (non-hydrogen) atoms.